The molecule has 1 saturated heterocycles. The summed E-state index contributed by atoms with van der Waals surface area (Å²) in [7, 11) is 0. The van der Waals surface area contributed by atoms with Gasteiger partial charge in [0.25, 0.3) is 0 Å². The fraction of sp³-hybridized carbons (Fsp3) is 0.667. The van der Waals surface area contributed by atoms with Gasteiger partial charge in [-0.3, -0.25) is 4.79 Å². The lowest BCUT2D eigenvalue weighted by Crippen LogP contribution is -2.53. The SMILES string of the molecule is CC1CCCNC1C(=O)N(Cc1cccs1)C(C)C. The molecule has 0 aliphatic carbocycles. The average Bonchev–Trinajstić information content (AvgIpc) is 2.88. The molecule has 2 atom stereocenters. The second-order valence-corrected chi connectivity index (χ2v) is 6.72. The molecular formula is C15H24N2OS. The molecule has 1 aliphatic rings. The van der Waals surface area contributed by atoms with Crippen LogP contribution < -0.4 is 5.32 Å². The van der Waals surface area contributed by atoms with Crippen molar-refractivity contribution in [1.29, 1.82) is 0 Å². The van der Waals surface area contributed by atoms with Crippen molar-refractivity contribution in [2.24, 2.45) is 5.92 Å². The van der Waals surface area contributed by atoms with Crippen LogP contribution in [0, 0.1) is 5.92 Å². The highest BCUT2D eigenvalue weighted by Gasteiger charge is 2.32. The number of carbonyl (C=O) groups is 1. The Bertz CT molecular complexity index is 402. The van der Waals surface area contributed by atoms with Gasteiger partial charge in [0.1, 0.15) is 0 Å². The maximum atomic E-state index is 12.7. The first-order valence-electron chi connectivity index (χ1n) is 7.16. The molecule has 3 nitrogen and oxygen atoms in total. The minimum Gasteiger partial charge on any atom is -0.334 e. The second kappa shape index (κ2) is 6.53. The molecule has 0 radical (unpaired) electrons. The molecule has 0 bridgehead atoms. The highest BCUT2D eigenvalue weighted by atomic mass is 32.1. The minimum absolute atomic E-state index is 0.00360. The van der Waals surface area contributed by atoms with E-state index in [1.165, 1.54) is 11.3 Å². The molecule has 2 rings (SSSR count). The molecule has 0 saturated carbocycles. The third-order valence-corrected chi connectivity index (χ3v) is 4.71. The third-order valence-electron chi connectivity index (χ3n) is 3.85. The number of piperidine rings is 1. The lowest BCUT2D eigenvalue weighted by Gasteiger charge is -2.35. The number of nitrogens with one attached hydrogen (secondary N) is 1. The van der Waals surface area contributed by atoms with E-state index < -0.39 is 0 Å². The standard InChI is InChI=1S/C15H24N2OS/c1-11(2)17(10-13-7-5-9-19-13)15(18)14-12(3)6-4-8-16-14/h5,7,9,11-12,14,16H,4,6,8,10H2,1-3H3. The quantitative estimate of drug-likeness (QED) is 0.920. The van der Waals surface area contributed by atoms with Gasteiger partial charge in [0.05, 0.1) is 12.6 Å². The van der Waals surface area contributed by atoms with E-state index in [9.17, 15) is 4.79 Å². The molecule has 2 heterocycles. The van der Waals surface area contributed by atoms with E-state index in [0.29, 0.717) is 5.92 Å². The monoisotopic (exact) mass is 280 g/mol. The van der Waals surface area contributed by atoms with Crippen LogP contribution in [0.2, 0.25) is 0 Å². The summed E-state index contributed by atoms with van der Waals surface area (Å²) in [5, 5.41) is 5.47. The normalized spacial score (nSPS) is 23.6. The Morgan fingerprint density at radius 1 is 1.58 bits per heavy atom. The van der Waals surface area contributed by atoms with Crippen molar-refractivity contribution in [3.8, 4) is 0 Å². The van der Waals surface area contributed by atoms with Gasteiger partial charge >= 0.3 is 0 Å². The molecule has 1 aromatic heterocycles. The lowest BCUT2D eigenvalue weighted by molar-refractivity contribution is -0.137. The largest absolute Gasteiger partial charge is 0.334 e. The molecule has 1 N–H and O–H groups in total. The van der Waals surface area contributed by atoms with Crippen LogP contribution in [-0.2, 0) is 11.3 Å². The minimum atomic E-state index is -0.00360. The predicted molar refractivity (Wildman–Crippen MR) is 80.2 cm³/mol. The summed E-state index contributed by atoms with van der Waals surface area (Å²) in [6, 6.07) is 4.39. The number of hydrogen-bond donors (Lipinski definition) is 1. The number of amides is 1. The number of hydrogen-bond acceptors (Lipinski definition) is 3. The van der Waals surface area contributed by atoms with Gasteiger partial charge in [0.2, 0.25) is 5.91 Å². The highest BCUT2D eigenvalue weighted by Crippen LogP contribution is 2.21. The smallest absolute Gasteiger partial charge is 0.240 e. The maximum absolute atomic E-state index is 12.7. The molecule has 4 heteroatoms. The van der Waals surface area contributed by atoms with Gasteiger partial charge in [-0.05, 0) is 50.6 Å². The van der Waals surface area contributed by atoms with Crippen LogP contribution in [0.15, 0.2) is 17.5 Å². The zero-order valence-corrected chi connectivity index (χ0v) is 12.9. The Balaban J connectivity index is 2.07. The zero-order valence-electron chi connectivity index (χ0n) is 12.1. The van der Waals surface area contributed by atoms with Crippen molar-refractivity contribution in [3.63, 3.8) is 0 Å². The Morgan fingerprint density at radius 3 is 2.95 bits per heavy atom. The summed E-state index contributed by atoms with van der Waals surface area (Å²) in [5.41, 5.74) is 0. The number of nitrogens with zero attached hydrogens (tertiary/aromatic N) is 1. The lowest BCUT2D eigenvalue weighted by atomic mass is 9.91. The van der Waals surface area contributed by atoms with Gasteiger partial charge in [-0.25, -0.2) is 0 Å². The highest BCUT2D eigenvalue weighted by molar-refractivity contribution is 7.09. The van der Waals surface area contributed by atoms with Gasteiger partial charge in [0, 0.05) is 10.9 Å². The van der Waals surface area contributed by atoms with E-state index in [1.54, 1.807) is 11.3 Å². The molecule has 1 aliphatic heterocycles. The summed E-state index contributed by atoms with van der Waals surface area (Å²) in [6.45, 7) is 8.07. The van der Waals surface area contributed by atoms with Crippen LogP contribution in [-0.4, -0.2) is 29.4 Å². The average molecular weight is 280 g/mol. The van der Waals surface area contributed by atoms with E-state index in [1.807, 2.05) is 11.0 Å². The molecular weight excluding hydrogens is 256 g/mol. The van der Waals surface area contributed by atoms with Crippen LogP contribution >= 0.6 is 11.3 Å². The Morgan fingerprint density at radius 2 is 2.37 bits per heavy atom. The molecule has 1 aromatic rings. The fourth-order valence-corrected chi connectivity index (χ4v) is 3.35. The van der Waals surface area contributed by atoms with Crippen molar-refractivity contribution in [3.05, 3.63) is 22.4 Å². The summed E-state index contributed by atoms with van der Waals surface area (Å²) in [6.07, 6.45) is 2.33. The van der Waals surface area contributed by atoms with Gasteiger partial charge in [0.15, 0.2) is 0 Å². The number of carbonyl (C=O) groups excluding carboxylic acids is 1. The molecule has 1 fully saturated rings. The summed E-state index contributed by atoms with van der Waals surface area (Å²) in [4.78, 5) is 16.0. The van der Waals surface area contributed by atoms with Crippen LogP contribution in [0.5, 0.6) is 0 Å². The van der Waals surface area contributed by atoms with Crippen molar-refractivity contribution in [1.82, 2.24) is 10.2 Å². The van der Waals surface area contributed by atoms with Gasteiger partial charge in [-0.15, -0.1) is 11.3 Å². The molecule has 106 valence electrons. The van der Waals surface area contributed by atoms with E-state index in [0.717, 1.165) is 19.5 Å². The van der Waals surface area contributed by atoms with Crippen LogP contribution in [0.3, 0.4) is 0 Å². The summed E-state index contributed by atoms with van der Waals surface area (Å²) in [5.74, 6) is 0.696. The Kier molecular flexibility index (Phi) is 4.99. The molecule has 0 aromatic carbocycles. The molecule has 19 heavy (non-hydrogen) atoms. The summed E-state index contributed by atoms with van der Waals surface area (Å²) >= 11 is 1.72. The predicted octanol–water partition coefficient (Wildman–Crippen LogP) is 2.87. The van der Waals surface area contributed by atoms with E-state index >= 15 is 0 Å². The van der Waals surface area contributed by atoms with Crippen LogP contribution in [0.25, 0.3) is 0 Å². The first-order valence-corrected chi connectivity index (χ1v) is 8.04. The zero-order chi connectivity index (χ0) is 13.8. The Hall–Kier alpha value is -0.870. The van der Waals surface area contributed by atoms with Gasteiger partial charge in [-0.1, -0.05) is 13.0 Å². The molecule has 0 spiro atoms. The molecule has 2 unspecified atom stereocenters. The van der Waals surface area contributed by atoms with Crippen LogP contribution in [0.4, 0.5) is 0 Å². The topological polar surface area (TPSA) is 32.3 Å². The van der Waals surface area contributed by atoms with Gasteiger partial charge in [-0.2, -0.15) is 0 Å². The van der Waals surface area contributed by atoms with Crippen molar-refractivity contribution in [2.45, 2.75) is 52.2 Å². The van der Waals surface area contributed by atoms with E-state index in [4.69, 9.17) is 0 Å². The van der Waals surface area contributed by atoms with E-state index in [2.05, 4.69) is 37.5 Å². The molecule has 1 amide bonds. The maximum Gasteiger partial charge on any atom is 0.240 e. The summed E-state index contributed by atoms with van der Waals surface area (Å²) < 4.78 is 0. The number of thiophene rings is 1. The second-order valence-electron chi connectivity index (χ2n) is 5.69. The van der Waals surface area contributed by atoms with Crippen molar-refractivity contribution >= 4 is 17.2 Å². The number of rotatable bonds is 4. The van der Waals surface area contributed by atoms with Crippen LogP contribution in [0.1, 0.15) is 38.5 Å². The van der Waals surface area contributed by atoms with Gasteiger partial charge < -0.3 is 10.2 Å². The first kappa shape index (κ1) is 14.5. The van der Waals surface area contributed by atoms with Crippen molar-refractivity contribution < 1.29 is 4.79 Å². The Labute approximate surface area is 120 Å². The fourth-order valence-electron chi connectivity index (χ4n) is 2.64. The third kappa shape index (κ3) is 3.57. The van der Waals surface area contributed by atoms with E-state index in [-0.39, 0.29) is 18.0 Å². The van der Waals surface area contributed by atoms with Crippen molar-refractivity contribution in [2.75, 3.05) is 6.54 Å². The first-order chi connectivity index (χ1) is 9.09.